The van der Waals surface area contributed by atoms with E-state index in [2.05, 4.69) is 5.32 Å². The highest BCUT2D eigenvalue weighted by Crippen LogP contribution is 2.25. The van der Waals surface area contributed by atoms with Crippen molar-refractivity contribution in [2.24, 2.45) is 0 Å². The zero-order valence-electron chi connectivity index (χ0n) is 11.6. The van der Waals surface area contributed by atoms with Gasteiger partial charge in [0.05, 0.1) is 0 Å². The maximum atomic E-state index is 12.3. The summed E-state index contributed by atoms with van der Waals surface area (Å²) in [4.78, 5) is 23.9. The third-order valence-electron chi connectivity index (χ3n) is 3.81. The van der Waals surface area contributed by atoms with Gasteiger partial charge in [-0.2, -0.15) is 0 Å². The van der Waals surface area contributed by atoms with Crippen molar-refractivity contribution in [2.45, 2.75) is 18.4 Å². The average Bonchev–Trinajstić information content (AvgIpc) is 2.91. The van der Waals surface area contributed by atoms with Gasteiger partial charge in [-0.05, 0) is 24.3 Å². The maximum Gasteiger partial charge on any atom is 0.329 e. The van der Waals surface area contributed by atoms with E-state index in [9.17, 15) is 14.7 Å². The molecule has 3 rings (SSSR count). The molecule has 2 aromatic rings. The van der Waals surface area contributed by atoms with Gasteiger partial charge in [0.2, 0.25) is 0 Å². The van der Waals surface area contributed by atoms with Crippen molar-refractivity contribution in [3.63, 3.8) is 0 Å². The Kier molecular flexibility index (Phi) is 3.80. The molecule has 6 nitrogen and oxygen atoms in total. The molecule has 1 aromatic carbocycles. The summed E-state index contributed by atoms with van der Waals surface area (Å²) in [5.74, 6) is -1.57. The van der Waals surface area contributed by atoms with Crippen molar-refractivity contribution >= 4 is 34.4 Å². The Morgan fingerprint density at radius 1 is 1.23 bits per heavy atom. The van der Waals surface area contributed by atoms with E-state index in [0.29, 0.717) is 29.2 Å². The molecule has 0 aliphatic carbocycles. The highest BCUT2D eigenvalue weighted by Gasteiger charge is 2.42. The van der Waals surface area contributed by atoms with Crippen molar-refractivity contribution in [3.05, 3.63) is 35.0 Å². The monoisotopic (exact) mass is 323 g/mol. The van der Waals surface area contributed by atoms with Gasteiger partial charge in [-0.15, -0.1) is 0 Å². The zero-order chi connectivity index (χ0) is 15.7. The van der Waals surface area contributed by atoms with E-state index in [0.717, 1.165) is 0 Å². The molecule has 22 heavy (non-hydrogen) atoms. The van der Waals surface area contributed by atoms with Gasteiger partial charge in [-0.1, -0.05) is 11.6 Å². The fourth-order valence-corrected chi connectivity index (χ4v) is 2.70. The number of carboxylic acid groups (broad SMARTS) is 1. The van der Waals surface area contributed by atoms with Gasteiger partial charge in [0.15, 0.2) is 5.76 Å². The number of rotatable bonds is 3. The molecule has 0 bridgehead atoms. The van der Waals surface area contributed by atoms with Gasteiger partial charge in [0.1, 0.15) is 11.1 Å². The summed E-state index contributed by atoms with van der Waals surface area (Å²) in [5, 5.41) is 13.2. The summed E-state index contributed by atoms with van der Waals surface area (Å²) in [6.07, 6.45) is 0.445. The molecule has 0 spiro atoms. The number of carbonyl (C=O) groups excluding carboxylic acids is 1. The standard InChI is InChI=1S/C15H14ClNO5/c16-10-1-2-11-9(7-10)8-12(22-11)13(18)17-15(14(19)20)3-5-21-6-4-15/h1-2,7-8H,3-6H2,(H,17,18)(H,19,20). The lowest BCUT2D eigenvalue weighted by molar-refractivity contribution is -0.148. The van der Waals surface area contributed by atoms with Gasteiger partial charge >= 0.3 is 5.97 Å². The highest BCUT2D eigenvalue weighted by molar-refractivity contribution is 6.31. The molecule has 0 atom stereocenters. The zero-order valence-corrected chi connectivity index (χ0v) is 12.4. The molecule has 1 aliphatic heterocycles. The molecule has 0 saturated carbocycles. The van der Waals surface area contributed by atoms with Crippen molar-refractivity contribution in [2.75, 3.05) is 13.2 Å². The lowest BCUT2D eigenvalue weighted by Crippen LogP contribution is -2.57. The Labute approximate surface area is 131 Å². The van der Waals surface area contributed by atoms with E-state index in [-0.39, 0.29) is 18.6 Å². The second-order valence-corrected chi connectivity index (χ2v) is 5.68. The van der Waals surface area contributed by atoms with Gasteiger partial charge in [0, 0.05) is 36.5 Å². The van der Waals surface area contributed by atoms with Crippen LogP contribution >= 0.6 is 11.6 Å². The van der Waals surface area contributed by atoms with Gasteiger partial charge < -0.3 is 19.6 Å². The van der Waals surface area contributed by atoms with E-state index in [1.165, 1.54) is 0 Å². The minimum absolute atomic E-state index is 0.0596. The summed E-state index contributed by atoms with van der Waals surface area (Å²) in [6.45, 7) is 0.588. The quantitative estimate of drug-likeness (QED) is 0.905. The van der Waals surface area contributed by atoms with E-state index in [4.69, 9.17) is 20.8 Å². The second-order valence-electron chi connectivity index (χ2n) is 5.25. The molecular weight excluding hydrogens is 310 g/mol. The molecule has 2 N–H and O–H groups in total. The van der Waals surface area contributed by atoms with Crippen LogP contribution in [-0.2, 0) is 9.53 Å². The van der Waals surface area contributed by atoms with Crippen molar-refractivity contribution < 1.29 is 23.8 Å². The van der Waals surface area contributed by atoms with Crippen LogP contribution in [0.25, 0.3) is 11.0 Å². The summed E-state index contributed by atoms with van der Waals surface area (Å²) < 4.78 is 10.6. The first-order chi connectivity index (χ1) is 10.5. The molecule has 1 fully saturated rings. The Balaban J connectivity index is 1.86. The number of halogens is 1. The highest BCUT2D eigenvalue weighted by atomic mass is 35.5. The number of carbonyl (C=O) groups is 2. The van der Waals surface area contributed by atoms with Crippen molar-refractivity contribution in [1.29, 1.82) is 0 Å². The molecular formula is C15H14ClNO5. The van der Waals surface area contributed by atoms with E-state index in [1.54, 1.807) is 24.3 Å². The fourth-order valence-electron chi connectivity index (χ4n) is 2.52. The van der Waals surface area contributed by atoms with E-state index < -0.39 is 17.4 Å². The molecule has 1 aliphatic rings. The minimum atomic E-state index is -1.31. The first-order valence-corrected chi connectivity index (χ1v) is 7.21. The smallest absolute Gasteiger partial charge is 0.329 e. The molecule has 1 amide bonds. The summed E-state index contributed by atoms with van der Waals surface area (Å²) >= 11 is 5.89. The van der Waals surface area contributed by atoms with Gasteiger partial charge in [-0.3, -0.25) is 4.79 Å². The molecule has 1 aromatic heterocycles. The van der Waals surface area contributed by atoms with Crippen molar-refractivity contribution in [3.8, 4) is 0 Å². The van der Waals surface area contributed by atoms with Gasteiger partial charge in [-0.25, -0.2) is 4.79 Å². The number of hydrogen-bond acceptors (Lipinski definition) is 4. The number of fused-ring (bicyclic) bond motifs is 1. The van der Waals surface area contributed by atoms with Crippen LogP contribution in [0.5, 0.6) is 0 Å². The van der Waals surface area contributed by atoms with Gasteiger partial charge in [0.25, 0.3) is 5.91 Å². The number of aliphatic carboxylic acids is 1. The normalized spacial score (nSPS) is 17.3. The van der Waals surface area contributed by atoms with E-state index >= 15 is 0 Å². The predicted molar refractivity (Wildman–Crippen MR) is 79.1 cm³/mol. The van der Waals surface area contributed by atoms with Crippen LogP contribution < -0.4 is 5.32 Å². The van der Waals surface area contributed by atoms with Crippen LogP contribution in [0.15, 0.2) is 28.7 Å². The lowest BCUT2D eigenvalue weighted by atomic mass is 9.90. The SMILES string of the molecule is O=C(NC1(C(=O)O)CCOCC1)c1cc2cc(Cl)ccc2o1. The molecule has 0 radical (unpaired) electrons. The molecule has 116 valence electrons. The number of nitrogens with one attached hydrogen (secondary N) is 1. The second kappa shape index (κ2) is 5.62. The minimum Gasteiger partial charge on any atom is -0.480 e. The Hall–Kier alpha value is -2.05. The van der Waals surface area contributed by atoms with Crippen LogP contribution in [0.1, 0.15) is 23.4 Å². The summed E-state index contributed by atoms with van der Waals surface area (Å²) in [7, 11) is 0. The Morgan fingerprint density at radius 3 is 2.64 bits per heavy atom. The topological polar surface area (TPSA) is 88.8 Å². The molecule has 0 unspecified atom stereocenters. The first kappa shape index (κ1) is 14.9. The molecule has 7 heteroatoms. The Morgan fingerprint density at radius 2 is 1.95 bits per heavy atom. The number of amides is 1. The third-order valence-corrected chi connectivity index (χ3v) is 4.05. The van der Waals surface area contributed by atoms with Crippen LogP contribution in [-0.4, -0.2) is 35.7 Å². The predicted octanol–water partition coefficient (Wildman–Crippen LogP) is 2.45. The van der Waals surface area contributed by atoms with E-state index in [1.807, 2.05) is 0 Å². The van der Waals surface area contributed by atoms with Crippen molar-refractivity contribution in [1.82, 2.24) is 5.32 Å². The number of carboxylic acids is 1. The first-order valence-electron chi connectivity index (χ1n) is 6.83. The summed E-state index contributed by atoms with van der Waals surface area (Å²) in [5.41, 5.74) is -0.794. The van der Waals surface area contributed by atoms with Crippen LogP contribution in [0.4, 0.5) is 0 Å². The third kappa shape index (κ3) is 2.67. The van der Waals surface area contributed by atoms with Crippen LogP contribution in [0, 0.1) is 0 Å². The Bertz CT molecular complexity index is 733. The lowest BCUT2D eigenvalue weighted by Gasteiger charge is -2.33. The van der Waals surface area contributed by atoms with Crippen LogP contribution in [0.2, 0.25) is 5.02 Å². The van der Waals surface area contributed by atoms with Crippen LogP contribution in [0.3, 0.4) is 0 Å². The average molecular weight is 324 g/mol. The number of benzene rings is 1. The largest absolute Gasteiger partial charge is 0.480 e. The number of hydrogen-bond donors (Lipinski definition) is 2. The fraction of sp³-hybridized carbons (Fsp3) is 0.333. The summed E-state index contributed by atoms with van der Waals surface area (Å²) in [6, 6.07) is 6.55. The molecule has 2 heterocycles. The maximum absolute atomic E-state index is 12.3. The molecule has 1 saturated heterocycles. The number of ether oxygens (including phenoxy) is 1. The number of furan rings is 1.